The molecule has 4 N–H and O–H groups in total. The number of urea groups is 1. The number of hydrogen-bond donors (Lipinski definition) is 4. The Bertz CT molecular complexity index is 291. The average Bonchev–Trinajstić information content (AvgIpc) is 2.36. The smallest absolute Gasteiger partial charge is 0.328 e. The molecule has 18 heavy (non-hydrogen) atoms. The van der Waals surface area contributed by atoms with Crippen LogP contribution in [0.15, 0.2) is 0 Å². The highest BCUT2D eigenvalue weighted by molar-refractivity contribution is 5.82. The van der Waals surface area contributed by atoms with Gasteiger partial charge in [0.15, 0.2) is 6.04 Å². The second kappa shape index (κ2) is 7.17. The molecule has 7 heteroatoms. The molecule has 7 nitrogen and oxygen atoms in total. The van der Waals surface area contributed by atoms with Gasteiger partial charge in [0.2, 0.25) is 0 Å². The van der Waals surface area contributed by atoms with Gasteiger partial charge in [-0.25, -0.2) is 9.59 Å². The number of carboxylic acid groups (broad SMARTS) is 1. The Hall–Kier alpha value is -1.34. The number of hydrogen-bond acceptors (Lipinski definition) is 4. The van der Waals surface area contributed by atoms with Gasteiger partial charge in [-0.05, 0) is 25.7 Å². The number of carbonyl (C=O) groups is 2. The maximum Gasteiger partial charge on any atom is 0.328 e. The van der Waals surface area contributed by atoms with E-state index in [2.05, 4.69) is 10.6 Å². The van der Waals surface area contributed by atoms with Crippen LogP contribution in [0.25, 0.3) is 0 Å². The van der Waals surface area contributed by atoms with E-state index in [9.17, 15) is 9.59 Å². The first-order valence-electron chi connectivity index (χ1n) is 6.03. The number of aliphatic carboxylic acids is 1. The molecular formula is C11H20N2O5. The van der Waals surface area contributed by atoms with Crippen LogP contribution in [0.4, 0.5) is 4.79 Å². The van der Waals surface area contributed by atoms with Crippen LogP contribution in [0, 0.1) is 5.92 Å². The Morgan fingerprint density at radius 2 is 1.94 bits per heavy atom. The summed E-state index contributed by atoms with van der Waals surface area (Å²) in [6.45, 7) is 2.62. The number of rotatable bonds is 5. The summed E-state index contributed by atoms with van der Waals surface area (Å²) in [4.78, 5) is 22.2. The van der Waals surface area contributed by atoms with E-state index in [-0.39, 0.29) is 6.04 Å². The third-order valence-corrected chi connectivity index (χ3v) is 3.12. The molecule has 0 aromatic rings. The van der Waals surface area contributed by atoms with Crippen LogP contribution in [0.5, 0.6) is 0 Å². The summed E-state index contributed by atoms with van der Waals surface area (Å²) < 4.78 is 5.23. The second-order valence-electron chi connectivity index (χ2n) is 4.43. The van der Waals surface area contributed by atoms with E-state index >= 15 is 0 Å². The lowest BCUT2D eigenvalue weighted by Gasteiger charge is -2.28. The molecule has 0 aromatic carbocycles. The van der Waals surface area contributed by atoms with Crippen molar-refractivity contribution in [2.24, 2.45) is 5.92 Å². The van der Waals surface area contributed by atoms with Crippen LogP contribution in [0.2, 0.25) is 0 Å². The largest absolute Gasteiger partial charge is 0.480 e. The molecule has 0 saturated carbocycles. The van der Waals surface area contributed by atoms with E-state index in [1.54, 1.807) is 0 Å². The van der Waals surface area contributed by atoms with Gasteiger partial charge >= 0.3 is 12.0 Å². The summed E-state index contributed by atoms with van der Waals surface area (Å²) in [5.74, 6) is -0.923. The number of aliphatic hydroxyl groups excluding tert-OH is 1. The SMILES string of the molecule is CC(NC(=O)N[C@@H](CO)C(=O)O)C1CCOCC1. The van der Waals surface area contributed by atoms with Crippen LogP contribution in [0.1, 0.15) is 19.8 Å². The van der Waals surface area contributed by atoms with Crippen molar-refractivity contribution in [1.82, 2.24) is 10.6 Å². The predicted octanol–water partition coefficient (Wildman–Crippen LogP) is -0.454. The summed E-state index contributed by atoms with van der Waals surface area (Å²) >= 11 is 0. The molecule has 1 heterocycles. The van der Waals surface area contributed by atoms with Crippen molar-refractivity contribution < 1.29 is 24.5 Å². The standard InChI is InChI=1S/C11H20N2O5/c1-7(8-2-4-18-5-3-8)12-11(17)13-9(6-14)10(15)16/h7-9,14H,2-6H2,1H3,(H,15,16)(H2,12,13,17)/t7?,9-/m0/s1. The normalized spacial score (nSPS) is 19.9. The Morgan fingerprint density at radius 1 is 1.33 bits per heavy atom. The first-order valence-corrected chi connectivity index (χ1v) is 6.03. The van der Waals surface area contributed by atoms with Crippen molar-refractivity contribution in [2.75, 3.05) is 19.8 Å². The lowest BCUT2D eigenvalue weighted by Crippen LogP contribution is -2.51. The minimum absolute atomic E-state index is 0.0537. The fourth-order valence-electron chi connectivity index (χ4n) is 1.93. The quantitative estimate of drug-likeness (QED) is 0.535. The minimum Gasteiger partial charge on any atom is -0.480 e. The van der Waals surface area contributed by atoms with Gasteiger partial charge in [0, 0.05) is 19.3 Å². The lowest BCUT2D eigenvalue weighted by molar-refractivity contribution is -0.140. The minimum atomic E-state index is -1.27. The third-order valence-electron chi connectivity index (χ3n) is 3.12. The zero-order valence-corrected chi connectivity index (χ0v) is 10.4. The number of aliphatic hydroxyl groups is 1. The van der Waals surface area contributed by atoms with Gasteiger partial charge in [-0.2, -0.15) is 0 Å². The van der Waals surface area contributed by atoms with E-state index in [0.717, 1.165) is 12.8 Å². The Labute approximate surface area is 106 Å². The predicted molar refractivity (Wildman–Crippen MR) is 63.2 cm³/mol. The fourth-order valence-corrected chi connectivity index (χ4v) is 1.93. The number of carbonyl (C=O) groups excluding carboxylic acids is 1. The first kappa shape index (κ1) is 14.7. The molecule has 0 radical (unpaired) electrons. The number of nitrogens with one attached hydrogen (secondary N) is 2. The zero-order valence-electron chi connectivity index (χ0n) is 10.4. The van der Waals surface area contributed by atoms with Crippen molar-refractivity contribution in [3.8, 4) is 0 Å². The summed E-state index contributed by atoms with van der Waals surface area (Å²) in [6.07, 6.45) is 1.76. The highest BCUT2D eigenvalue weighted by Crippen LogP contribution is 2.18. The van der Waals surface area contributed by atoms with Crippen molar-refractivity contribution in [3.63, 3.8) is 0 Å². The molecule has 0 bridgehead atoms. The van der Waals surface area contributed by atoms with Crippen molar-refractivity contribution in [3.05, 3.63) is 0 Å². The van der Waals surface area contributed by atoms with Gasteiger partial charge in [0.25, 0.3) is 0 Å². The van der Waals surface area contributed by atoms with E-state index in [1.165, 1.54) is 0 Å². The van der Waals surface area contributed by atoms with Crippen LogP contribution < -0.4 is 10.6 Å². The lowest BCUT2D eigenvalue weighted by atomic mass is 9.93. The van der Waals surface area contributed by atoms with E-state index in [4.69, 9.17) is 14.9 Å². The van der Waals surface area contributed by atoms with Crippen LogP contribution >= 0.6 is 0 Å². The van der Waals surface area contributed by atoms with Crippen molar-refractivity contribution >= 4 is 12.0 Å². The molecule has 1 saturated heterocycles. The van der Waals surface area contributed by atoms with Gasteiger partial charge in [-0.1, -0.05) is 0 Å². The molecular weight excluding hydrogens is 240 g/mol. The van der Waals surface area contributed by atoms with Gasteiger partial charge < -0.3 is 25.6 Å². The topological polar surface area (TPSA) is 108 Å². The molecule has 1 aliphatic rings. The molecule has 2 atom stereocenters. The monoisotopic (exact) mass is 260 g/mol. The molecule has 0 spiro atoms. The van der Waals surface area contributed by atoms with E-state index in [0.29, 0.717) is 19.1 Å². The van der Waals surface area contributed by atoms with Crippen LogP contribution in [0.3, 0.4) is 0 Å². The Balaban J connectivity index is 2.36. The summed E-state index contributed by atoms with van der Waals surface area (Å²) in [5, 5.41) is 22.4. The van der Waals surface area contributed by atoms with Crippen LogP contribution in [-0.4, -0.2) is 54.1 Å². The number of ether oxygens (including phenoxy) is 1. The van der Waals surface area contributed by atoms with Gasteiger partial charge in [0.05, 0.1) is 6.61 Å². The summed E-state index contributed by atoms with van der Waals surface area (Å²) in [5.41, 5.74) is 0. The fraction of sp³-hybridized carbons (Fsp3) is 0.818. The van der Waals surface area contributed by atoms with Crippen molar-refractivity contribution in [1.29, 1.82) is 0 Å². The highest BCUT2D eigenvalue weighted by atomic mass is 16.5. The number of carboxylic acids is 1. The molecule has 1 aliphatic heterocycles. The molecule has 0 aromatic heterocycles. The molecule has 1 fully saturated rings. The van der Waals surface area contributed by atoms with E-state index in [1.807, 2.05) is 6.92 Å². The van der Waals surface area contributed by atoms with Crippen LogP contribution in [-0.2, 0) is 9.53 Å². The summed E-state index contributed by atoms with van der Waals surface area (Å²) in [7, 11) is 0. The third kappa shape index (κ3) is 4.50. The molecule has 0 aliphatic carbocycles. The molecule has 104 valence electrons. The molecule has 1 rings (SSSR count). The summed E-state index contributed by atoms with van der Waals surface area (Å²) in [6, 6.07) is -1.90. The Kier molecular flexibility index (Phi) is 5.87. The van der Waals surface area contributed by atoms with E-state index < -0.39 is 24.6 Å². The number of amides is 2. The zero-order chi connectivity index (χ0) is 13.5. The Morgan fingerprint density at radius 3 is 2.44 bits per heavy atom. The molecule has 2 amide bonds. The highest BCUT2D eigenvalue weighted by Gasteiger charge is 2.24. The maximum absolute atomic E-state index is 11.5. The maximum atomic E-state index is 11.5. The first-order chi connectivity index (χ1) is 8.54. The molecule has 1 unspecified atom stereocenters. The van der Waals surface area contributed by atoms with Gasteiger partial charge in [0.1, 0.15) is 0 Å². The second-order valence-corrected chi connectivity index (χ2v) is 4.43. The van der Waals surface area contributed by atoms with Gasteiger partial charge in [-0.3, -0.25) is 0 Å². The average molecular weight is 260 g/mol. The van der Waals surface area contributed by atoms with Gasteiger partial charge in [-0.15, -0.1) is 0 Å². The van der Waals surface area contributed by atoms with Crippen molar-refractivity contribution in [2.45, 2.75) is 31.8 Å².